The molecule has 0 spiro atoms. The Labute approximate surface area is 175 Å². The number of fused-ring (bicyclic) bond motifs is 1. The van der Waals surface area contributed by atoms with Crippen LogP contribution in [0.3, 0.4) is 0 Å². The van der Waals surface area contributed by atoms with Crippen LogP contribution in [-0.2, 0) is 14.3 Å². The lowest BCUT2D eigenvalue weighted by Crippen LogP contribution is -2.30. The number of carbonyl (C=O) groups excluding carboxylic acids is 3. The Morgan fingerprint density at radius 1 is 1.03 bits per heavy atom. The second-order valence-corrected chi connectivity index (χ2v) is 6.68. The van der Waals surface area contributed by atoms with Gasteiger partial charge in [0.15, 0.2) is 6.61 Å². The molecule has 1 aliphatic heterocycles. The fourth-order valence-electron chi connectivity index (χ4n) is 3.04. The molecule has 0 radical (unpaired) electrons. The van der Waals surface area contributed by atoms with Crippen molar-refractivity contribution in [3.05, 3.63) is 65.2 Å². The largest absolute Gasteiger partial charge is 0.488 e. The first kappa shape index (κ1) is 21.1. The van der Waals surface area contributed by atoms with Crippen LogP contribution in [0.5, 0.6) is 5.75 Å². The van der Waals surface area contributed by atoms with E-state index in [9.17, 15) is 14.4 Å². The highest BCUT2D eigenvalue weighted by Gasteiger charge is 2.19. The van der Waals surface area contributed by atoms with E-state index in [0.717, 1.165) is 5.56 Å². The van der Waals surface area contributed by atoms with Crippen LogP contribution in [0.25, 0.3) is 6.08 Å². The van der Waals surface area contributed by atoms with Crippen molar-refractivity contribution in [3.63, 3.8) is 0 Å². The summed E-state index contributed by atoms with van der Waals surface area (Å²) in [6.45, 7) is 4.78. The van der Waals surface area contributed by atoms with Crippen molar-refractivity contribution < 1.29 is 23.9 Å². The molecule has 156 valence electrons. The van der Waals surface area contributed by atoms with Crippen molar-refractivity contribution in [2.45, 2.75) is 13.8 Å². The molecule has 7 heteroatoms. The third kappa shape index (κ3) is 5.05. The summed E-state index contributed by atoms with van der Waals surface area (Å²) in [5.41, 5.74) is 2.20. The Morgan fingerprint density at radius 3 is 2.43 bits per heavy atom. The van der Waals surface area contributed by atoms with Gasteiger partial charge in [-0.05, 0) is 50.3 Å². The second-order valence-electron chi connectivity index (χ2n) is 6.68. The minimum atomic E-state index is -0.597. The van der Waals surface area contributed by atoms with E-state index in [1.54, 1.807) is 35.2 Å². The predicted molar refractivity (Wildman–Crippen MR) is 113 cm³/mol. The van der Waals surface area contributed by atoms with Gasteiger partial charge in [-0.1, -0.05) is 18.2 Å². The first-order valence-electron chi connectivity index (χ1n) is 9.80. The molecule has 0 atom stereocenters. The minimum Gasteiger partial charge on any atom is -0.488 e. The van der Waals surface area contributed by atoms with Crippen LogP contribution >= 0.6 is 0 Å². The maximum absolute atomic E-state index is 12.3. The topological polar surface area (TPSA) is 84.9 Å². The molecule has 0 saturated heterocycles. The highest BCUT2D eigenvalue weighted by Crippen LogP contribution is 2.26. The fraction of sp³-hybridized carbons (Fsp3) is 0.261. The number of esters is 1. The molecular weight excluding hydrogens is 384 g/mol. The van der Waals surface area contributed by atoms with Crippen molar-refractivity contribution in [1.82, 2.24) is 4.90 Å². The number of hydrogen-bond acceptors (Lipinski definition) is 5. The maximum Gasteiger partial charge on any atom is 0.338 e. The summed E-state index contributed by atoms with van der Waals surface area (Å²) in [7, 11) is 0. The number of ether oxygens (including phenoxy) is 2. The molecule has 2 amide bonds. The molecule has 0 unspecified atom stereocenters. The van der Waals surface area contributed by atoms with Crippen LogP contribution in [0.15, 0.2) is 54.1 Å². The summed E-state index contributed by atoms with van der Waals surface area (Å²) < 4.78 is 10.6. The first-order chi connectivity index (χ1) is 14.5. The monoisotopic (exact) mass is 408 g/mol. The number of nitrogens with one attached hydrogen (secondary N) is 1. The van der Waals surface area contributed by atoms with E-state index in [1.165, 1.54) is 0 Å². The normalized spacial score (nSPS) is 12.1. The fourth-order valence-corrected chi connectivity index (χ4v) is 3.04. The van der Waals surface area contributed by atoms with Gasteiger partial charge in [-0.15, -0.1) is 0 Å². The zero-order valence-electron chi connectivity index (χ0n) is 17.0. The summed E-state index contributed by atoms with van der Waals surface area (Å²) in [5, 5.41) is 2.65. The van der Waals surface area contributed by atoms with E-state index < -0.39 is 18.5 Å². The van der Waals surface area contributed by atoms with Crippen LogP contribution in [0, 0.1) is 0 Å². The van der Waals surface area contributed by atoms with Gasteiger partial charge < -0.3 is 19.7 Å². The first-order valence-corrected chi connectivity index (χ1v) is 9.80. The summed E-state index contributed by atoms with van der Waals surface area (Å²) in [6.07, 6.45) is 1.70. The van der Waals surface area contributed by atoms with E-state index in [0.29, 0.717) is 35.7 Å². The van der Waals surface area contributed by atoms with Gasteiger partial charge in [-0.25, -0.2) is 4.79 Å². The standard InChI is InChI=1S/C23H24N2O5/c1-3-25(4-2)22(27)16-9-11-19(12-10-16)24-21(26)15-30-23(28)18-13-17-7-5-6-8-20(17)29-14-18/h5-13H,3-4,14-15H2,1-2H3,(H,24,26). The molecule has 2 aromatic rings. The molecule has 2 aromatic carbocycles. The van der Waals surface area contributed by atoms with Gasteiger partial charge in [0, 0.05) is 29.9 Å². The third-order valence-corrected chi connectivity index (χ3v) is 4.69. The van der Waals surface area contributed by atoms with Crippen LogP contribution in [0.4, 0.5) is 5.69 Å². The summed E-state index contributed by atoms with van der Waals surface area (Å²) in [5.74, 6) is -0.421. The highest BCUT2D eigenvalue weighted by molar-refractivity contribution is 5.99. The lowest BCUT2D eigenvalue weighted by Gasteiger charge is -2.18. The molecule has 1 heterocycles. The average Bonchev–Trinajstić information content (AvgIpc) is 2.78. The summed E-state index contributed by atoms with van der Waals surface area (Å²) in [6, 6.07) is 14.0. The molecule has 1 aliphatic rings. The van der Waals surface area contributed by atoms with Crippen LogP contribution in [0.2, 0.25) is 0 Å². The average molecular weight is 408 g/mol. The molecule has 3 rings (SSSR count). The van der Waals surface area contributed by atoms with Gasteiger partial charge in [-0.2, -0.15) is 0 Å². The van der Waals surface area contributed by atoms with Crippen molar-refractivity contribution in [3.8, 4) is 5.75 Å². The zero-order valence-corrected chi connectivity index (χ0v) is 17.0. The van der Waals surface area contributed by atoms with E-state index in [-0.39, 0.29) is 12.5 Å². The van der Waals surface area contributed by atoms with Gasteiger partial charge in [0.1, 0.15) is 12.4 Å². The number of carbonyl (C=O) groups is 3. The summed E-state index contributed by atoms with van der Waals surface area (Å²) >= 11 is 0. The lowest BCUT2D eigenvalue weighted by atomic mass is 10.1. The van der Waals surface area contributed by atoms with Gasteiger partial charge in [0.05, 0.1) is 5.57 Å². The van der Waals surface area contributed by atoms with Gasteiger partial charge in [0.2, 0.25) is 0 Å². The molecule has 1 N–H and O–H groups in total. The molecule has 0 aliphatic carbocycles. The molecule has 7 nitrogen and oxygen atoms in total. The molecular formula is C23H24N2O5. The molecule has 0 bridgehead atoms. The number of para-hydroxylation sites is 1. The molecule has 30 heavy (non-hydrogen) atoms. The van der Waals surface area contributed by atoms with Gasteiger partial charge in [0.25, 0.3) is 11.8 Å². The number of benzene rings is 2. The minimum absolute atomic E-state index is 0.0589. The Bertz CT molecular complexity index is 962. The third-order valence-electron chi connectivity index (χ3n) is 4.69. The Balaban J connectivity index is 1.52. The number of rotatable bonds is 7. The van der Waals surface area contributed by atoms with Crippen molar-refractivity contribution in [2.75, 3.05) is 31.6 Å². The SMILES string of the molecule is CCN(CC)C(=O)c1ccc(NC(=O)COC(=O)C2=Cc3ccccc3OC2)cc1. The van der Waals surface area contributed by atoms with E-state index >= 15 is 0 Å². The second kappa shape index (κ2) is 9.73. The highest BCUT2D eigenvalue weighted by atomic mass is 16.5. The zero-order chi connectivity index (χ0) is 21.5. The smallest absolute Gasteiger partial charge is 0.338 e. The van der Waals surface area contributed by atoms with Gasteiger partial charge >= 0.3 is 5.97 Å². The number of nitrogens with zero attached hydrogens (tertiary/aromatic N) is 1. The van der Waals surface area contributed by atoms with Crippen molar-refractivity contribution in [1.29, 1.82) is 0 Å². The van der Waals surface area contributed by atoms with Crippen molar-refractivity contribution >= 4 is 29.5 Å². The maximum atomic E-state index is 12.3. The van der Waals surface area contributed by atoms with E-state index in [4.69, 9.17) is 9.47 Å². The molecule has 0 saturated carbocycles. The lowest BCUT2D eigenvalue weighted by molar-refractivity contribution is -0.143. The Hall–Kier alpha value is -3.61. The summed E-state index contributed by atoms with van der Waals surface area (Å²) in [4.78, 5) is 38.3. The van der Waals surface area contributed by atoms with Crippen molar-refractivity contribution in [2.24, 2.45) is 0 Å². The number of amides is 2. The van der Waals surface area contributed by atoms with E-state index in [2.05, 4.69) is 5.32 Å². The Morgan fingerprint density at radius 2 is 1.73 bits per heavy atom. The molecule has 0 fully saturated rings. The van der Waals surface area contributed by atoms with Crippen LogP contribution in [0.1, 0.15) is 29.8 Å². The molecule has 0 aromatic heterocycles. The quantitative estimate of drug-likeness (QED) is 0.712. The van der Waals surface area contributed by atoms with Crippen LogP contribution in [-0.4, -0.2) is 49.0 Å². The predicted octanol–water partition coefficient (Wildman–Crippen LogP) is 3.13. The number of hydrogen-bond donors (Lipinski definition) is 1. The van der Waals surface area contributed by atoms with E-state index in [1.807, 2.05) is 38.1 Å². The Kier molecular flexibility index (Phi) is 6.85. The van der Waals surface area contributed by atoms with Crippen LogP contribution < -0.4 is 10.1 Å². The number of anilines is 1. The van der Waals surface area contributed by atoms with Gasteiger partial charge in [-0.3, -0.25) is 9.59 Å².